The SMILES string of the molecule is NCO[B][C@H](Cc1ccc(C(F)(F)F)cc1)C(=O)O. The third kappa shape index (κ3) is 4.92. The highest BCUT2D eigenvalue weighted by molar-refractivity contribution is 6.36. The zero-order chi connectivity index (χ0) is 14.5. The summed E-state index contributed by atoms with van der Waals surface area (Å²) in [5.74, 6) is -2.09. The van der Waals surface area contributed by atoms with E-state index in [-0.39, 0.29) is 13.2 Å². The van der Waals surface area contributed by atoms with Crippen molar-refractivity contribution in [2.45, 2.75) is 18.4 Å². The molecule has 0 bridgehead atoms. The number of benzene rings is 1. The van der Waals surface area contributed by atoms with Gasteiger partial charge in [0, 0.05) is 0 Å². The van der Waals surface area contributed by atoms with E-state index in [2.05, 4.69) is 0 Å². The van der Waals surface area contributed by atoms with Crippen LogP contribution in [0.4, 0.5) is 13.2 Å². The lowest BCUT2D eigenvalue weighted by Gasteiger charge is -2.11. The summed E-state index contributed by atoms with van der Waals surface area (Å²) < 4.78 is 41.7. The van der Waals surface area contributed by atoms with Crippen LogP contribution in [0.25, 0.3) is 0 Å². The molecule has 4 nitrogen and oxygen atoms in total. The van der Waals surface area contributed by atoms with Gasteiger partial charge in [-0.1, -0.05) is 12.1 Å². The molecule has 0 amide bonds. The van der Waals surface area contributed by atoms with E-state index in [4.69, 9.17) is 15.5 Å². The molecule has 1 atom stereocenters. The number of hydrogen-bond acceptors (Lipinski definition) is 3. The number of alkyl halides is 3. The number of nitrogens with two attached hydrogens (primary N) is 1. The normalized spacial score (nSPS) is 13.1. The molecule has 0 fully saturated rings. The van der Waals surface area contributed by atoms with Crippen LogP contribution in [0.1, 0.15) is 11.1 Å². The maximum atomic E-state index is 12.3. The maximum absolute atomic E-state index is 12.3. The Labute approximate surface area is 108 Å². The molecule has 0 heterocycles. The highest BCUT2D eigenvalue weighted by Gasteiger charge is 2.30. The predicted octanol–water partition coefficient (Wildman–Crippen LogP) is 1.67. The third-order valence-corrected chi connectivity index (χ3v) is 2.41. The van der Waals surface area contributed by atoms with E-state index in [0.29, 0.717) is 5.56 Å². The molecule has 3 N–H and O–H groups in total. The van der Waals surface area contributed by atoms with E-state index in [0.717, 1.165) is 19.6 Å². The first-order valence-corrected chi connectivity index (χ1v) is 5.38. The van der Waals surface area contributed by atoms with Crippen LogP contribution in [0.3, 0.4) is 0 Å². The zero-order valence-corrected chi connectivity index (χ0v) is 9.85. The van der Waals surface area contributed by atoms with Crippen molar-refractivity contribution in [2.75, 3.05) is 6.73 Å². The van der Waals surface area contributed by atoms with Crippen LogP contribution in [-0.2, 0) is 22.0 Å². The van der Waals surface area contributed by atoms with E-state index in [1.54, 1.807) is 0 Å². The van der Waals surface area contributed by atoms with Crippen molar-refractivity contribution in [3.05, 3.63) is 35.4 Å². The Bertz CT molecular complexity index is 422. The molecule has 0 saturated carbocycles. The Morgan fingerprint density at radius 2 is 1.95 bits per heavy atom. The second-order valence-corrected chi connectivity index (χ2v) is 3.81. The molecule has 0 unspecified atom stereocenters. The highest BCUT2D eigenvalue weighted by Crippen LogP contribution is 2.29. The number of aliphatic carboxylic acids is 1. The minimum Gasteiger partial charge on any atom is -0.481 e. The summed E-state index contributed by atoms with van der Waals surface area (Å²) in [5.41, 5.74) is 4.76. The molecule has 1 rings (SSSR count). The zero-order valence-electron chi connectivity index (χ0n) is 9.85. The Kier molecular flexibility index (Phi) is 5.37. The van der Waals surface area contributed by atoms with Crippen LogP contribution >= 0.6 is 0 Å². The van der Waals surface area contributed by atoms with Crippen LogP contribution < -0.4 is 5.73 Å². The molecule has 0 aliphatic carbocycles. The summed E-state index contributed by atoms with van der Waals surface area (Å²) in [5, 5.41) is 8.91. The van der Waals surface area contributed by atoms with Gasteiger partial charge in [-0.15, -0.1) is 0 Å². The fourth-order valence-corrected chi connectivity index (χ4v) is 1.45. The molecule has 1 aromatic rings. The monoisotopic (exact) mass is 274 g/mol. The lowest BCUT2D eigenvalue weighted by atomic mass is 9.76. The first-order chi connectivity index (χ1) is 8.84. The Morgan fingerprint density at radius 1 is 1.37 bits per heavy atom. The number of carboxylic acid groups (broad SMARTS) is 1. The molecule has 8 heteroatoms. The summed E-state index contributed by atoms with van der Waals surface area (Å²) in [6.45, 7) is -0.156. The minimum absolute atomic E-state index is 0.0352. The molecule has 0 aromatic heterocycles. The van der Waals surface area contributed by atoms with Crippen LogP contribution in [0.2, 0.25) is 5.82 Å². The number of carboxylic acids is 1. The van der Waals surface area contributed by atoms with Crippen LogP contribution in [0.15, 0.2) is 24.3 Å². The maximum Gasteiger partial charge on any atom is 0.416 e. The Balaban J connectivity index is 2.72. The van der Waals surface area contributed by atoms with E-state index < -0.39 is 23.5 Å². The van der Waals surface area contributed by atoms with Gasteiger partial charge in [0.25, 0.3) is 0 Å². The topological polar surface area (TPSA) is 72.5 Å². The van der Waals surface area contributed by atoms with Crippen LogP contribution in [-0.4, -0.2) is 25.3 Å². The molecule has 1 aromatic carbocycles. The fraction of sp³-hybridized carbons (Fsp3) is 0.364. The Hall–Kier alpha value is -1.54. The van der Waals surface area contributed by atoms with Crippen molar-refractivity contribution < 1.29 is 27.7 Å². The predicted molar refractivity (Wildman–Crippen MR) is 62.4 cm³/mol. The fourth-order valence-electron chi connectivity index (χ4n) is 1.45. The molecule has 103 valence electrons. The van der Waals surface area contributed by atoms with Gasteiger partial charge in [-0.05, 0) is 24.1 Å². The van der Waals surface area contributed by atoms with E-state index >= 15 is 0 Å². The van der Waals surface area contributed by atoms with E-state index in [1.165, 1.54) is 12.1 Å². The van der Waals surface area contributed by atoms with E-state index in [1.807, 2.05) is 0 Å². The molecule has 0 aliphatic rings. The van der Waals surface area contributed by atoms with Crippen molar-refractivity contribution in [1.29, 1.82) is 0 Å². The molecular formula is C11H12BF3NO3. The lowest BCUT2D eigenvalue weighted by molar-refractivity contribution is -0.138. The number of rotatable bonds is 6. The van der Waals surface area contributed by atoms with Gasteiger partial charge in [-0.3, -0.25) is 4.79 Å². The second kappa shape index (κ2) is 6.58. The first-order valence-electron chi connectivity index (χ1n) is 5.38. The minimum atomic E-state index is -4.40. The van der Waals surface area contributed by atoms with Gasteiger partial charge in [-0.2, -0.15) is 13.2 Å². The van der Waals surface area contributed by atoms with Crippen molar-refractivity contribution >= 4 is 13.5 Å². The number of hydrogen-bond donors (Lipinski definition) is 2. The van der Waals surface area contributed by atoms with Crippen LogP contribution in [0, 0.1) is 0 Å². The van der Waals surface area contributed by atoms with Gasteiger partial charge < -0.3 is 15.5 Å². The van der Waals surface area contributed by atoms with Crippen molar-refractivity contribution in [3.8, 4) is 0 Å². The van der Waals surface area contributed by atoms with Crippen LogP contribution in [0.5, 0.6) is 0 Å². The molecule has 1 radical (unpaired) electrons. The molecule has 0 aliphatic heterocycles. The summed E-state index contributed by atoms with van der Waals surface area (Å²) in [6.07, 6.45) is -4.37. The van der Waals surface area contributed by atoms with Gasteiger partial charge in [-0.25, -0.2) is 0 Å². The average Bonchev–Trinajstić information content (AvgIpc) is 2.33. The highest BCUT2D eigenvalue weighted by atomic mass is 19.4. The number of carbonyl (C=O) groups is 1. The molecule has 19 heavy (non-hydrogen) atoms. The Morgan fingerprint density at radius 3 is 2.37 bits per heavy atom. The molecular weight excluding hydrogens is 262 g/mol. The summed E-state index contributed by atoms with van der Waals surface area (Å²) in [7, 11) is 1.07. The van der Waals surface area contributed by atoms with Crippen molar-refractivity contribution in [1.82, 2.24) is 0 Å². The molecule has 0 saturated heterocycles. The van der Waals surface area contributed by atoms with Gasteiger partial charge in [0.15, 0.2) is 0 Å². The van der Waals surface area contributed by atoms with Gasteiger partial charge in [0.2, 0.25) is 0 Å². The third-order valence-electron chi connectivity index (χ3n) is 2.41. The van der Waals surface area contributed by atoms with Crippen molar-refractivity contribution in [2.24, 2.45) is 5.73 Å². The van der Waals surface area contributed by atoms with Gasteiger partial charge in [0.1, 0.15) is 0 Å². The summed E-state index contributed by atoms with van der Waals surface area (Å²) >= 11 is 0. The summed E-state index contributed by atoms with van der Waals surface area (Å²) in [4.78, 5) is 10.9. The first kappa shape index (κ1) is 15.5. The second-order valence-electron chi connectivity index (χ2n) is 3.81. The molecule has 0 spiro atoms. The average molecular weight is 274 g/mol. The van der Waals surface area contributed by atoms with Crippen molar-refractivity contribution in [3.63, 3.8) is 0 Å². The van der Waals surface area contributed by atoms with Gasteiger partial charge >= 0.3 is 19.6 Å². The van der Waals surface area contributed by atoms with E-state index in [9.17, 15) is 18.0 Å². The largest absolute Gasteiger partial charge is 0.481 e. The summed E-state index contributed by atoms with van der Waals surface area (Å²) in [6, 6.07) is 4.32. The lowest BCUT2D eigenvalue weighted by Crippen LogP contribution is -2.22. The quantitative estimate of drug-likeness (QED) is 0.611. The number of halogens is 3. The smallest absolute Gasteiger partial charge is 0.416 e. The standard InChI is InChI=1S/C11H12BF3NO3/c13-11(14,15)8-3-1-7(2-4-8)5-9(10(17)18)12-19-6-16/h1-4,9H,5-6,16H2,(H,17,18)/t9-/m1/s1. The van der Waals surface area contributed by atoms with Gasteiger partial charge in [0.05, 0.1) is 18.1 Å².